The number of hydrogen-bond donors (Lipinski definition) is 2. The van der Waals surface area contributed by atoms with E-state index < -0.39 is 0 Å². The number of nitrogens with two attached hydrogens (primary N) is 1. The lowest BCUT2D eigenvalue weighted by molar-refractivity contribution is 0.496. The second-order valence-electron chi connectivity index (χ2n) is 3.15. The zero-order chi connectivity index (χ0) is 10.1. The van der Waals surface area contributed by atoms with Gasteiger partial charge in [0.25, 0.3) is 0 Å². The van der Waals surface area contributed by atoms with Crippen molar-refractivity contribution in [2.24, 2.45) is 10.8 Å². The molecule has 1 heterocycles. The van der Waals surface area contributed by atoms with E-state index in [0.29, 0.717) is 5.88 Å². The Kier molecular flexibility index (Phi) is 1.89. The molecule has 1 aromatic carbocycles. The molecule has 0 saturated carbocycles. The normalized spacial score (nSPS) is 18.5. The van der Waals surface area contributed by atoms with Gasteiger partial charge in [-0.2, -0.15) is 0 Å². The molecule has 2 rings (SSSR count). The molecule has 0 fully saturated rings. The van der Waals surface area contributed by atoms with Gasteiger partial charge in [0.15, 0.2) is 0 Å². The Balaban J connectivity index is 2.62. The molecule has 0 aromatic heterocycles. The lowest BCUT2D eigenvalue weighted by Crippen LogP contribution is -2.29. The Morgan fingerprint density at radius 2 is 2.29 bits per heavy atom. The number of amidine groups is 1. The summed E-state index contributed by atoms with van der Waals surface area (Å²) >= 11 is 0. The molecule has 0 aliphatic carbocycles. The maximum Gasteiger partial charge on any atom is 0.311 e. The molecule has 0 atom stereocenters. The number of ether oxygens (including phenoxy) is 1. The summed E-state index contributed by atoms with van der Waals surface area (Å²) in [5.74, 6) is 0.538. The molecule has 4 heteroatoms. The highest BCUT2D eigenvalue weighted by Crippen LogP contribution is 1.97. The van der Waals surface area contributed by atoms with Gasteiger partial charge in [0.1, 0.15) is 0 Å². The van der Waals surface area contributed by atoms with Crippen LogP contribution in [0.1, 0.15) is 5.56 Å². The average molecular weight is 189 g/mol. The Bertz CT molecular complexity index is 505. The maximum atomic E-state index is 5.37. The summed E-state index contributed by atoms with van der Waals surface area (Å²) in [5, 5.41) is 5.48. The van der Waals surface area contributed by atoms with Gasteiger partial charge >= 0.3 is 6.02 Å². The van der Waals surface area contributed by atoms with Crippen molar-refractivity contribution < 1.29 is 4.74 Å². The van der Waals surface area contributed by atoms with Crippen LogP contribution in [-0.4, -0.2) is 6.02 Å². The number of nitrogens with one attached hydrogen (secondary N) is 1. The quantitative estimate of drug-likeness (QED) is 0.568. The van der Waals surface area contributed by atoms with Gasteiger partial charge in [0.05, 0.1) is 0 Å². The first kappa shape index (κ1) is 8.62. The van der Waals surface area contributed by atoms with E-state index in [1.165, 1.54) is 0 Å². The van der Waals surface area contributed by atoms with Crippen molar-refractivity contribution in [1.29, 1.82) is 0 Å². The van der Waals surface area contributed by atoms with Crippen LogP contribution in [-0.2, 0) is 4.74 Å². The van der Waals surface area contributed by atoms with Crippen molar-refractivity contribution >= 4 is 18.5 Å². The molecular formula is C10H11N3O. The lowest BCUT2D eigenvalue weighted by Gasteiger charge is -1.99. The van der Waals surface area contributed by atoms with Crippen LogP contribution >= 0.6 is 0 Å². The molecule has 0 amide bonds. The van der Waals surface area contributed by atoms with E-state index in [-0.39, 0.29) is 6.02 Å². The molecule has 1 aromatic rings. The third-order valence-electron chi connectivity index (χ3n) is 1.98. The van der Waals surface area contributed by atoms with Crippen molar-refractivity contribution in [2.75, 3.05) is 0 Å². The fraction of sp³-hybridized carbons (Fsp3) is 0.100. The van der Waals surface area contributed by atoms with Crippen LogP contribution in [0.25, 0.3) is 12.5 Å². The van der Waals surface area contributed by atoms with E-state index in [0.717, 1.165) is 16.0 Å². The van der Waals surface area contributed by atoms with Crippen LogP contribution in [0.3, 0.4) is 0 Å². The number of aryl methyl sites for hydroxylation is 1. The van der Waals surface area contributed by atoms with Crippen molar-refractivity contribution in [1.82, 2.24) is 5.43 Å². The van der Waals surface area contributed by atoms with Crippen molar-refractivity contribution in [3.05, 3.63) is 34.2 Å². The first-order valence-electron chi connectivity index (χ1n) is 4.24. The minimum Gasteiger partial charge on any atom is -0.406 e. The molecule has 0 radical (unpaired) electrons. The number of hydrazone groups is 1. The van der Waals surface area contributed by atoms with Gasteiger partial charge < -0.3 is 10.5 Å². The molecule has 0 bridgehead atoms. The zero-order valence-corrected chi connectivity index (χ0v) is 7.87. The fourth-order valence-corrected chi connectivity index (χ4v) is 1.27. The SMILES string of the molecule is C=c1ccc(C)cc1=C1NN=C(N)O1. The highest BCUT2D eigenvalue weighted by atomic mass is 16.5. The largest absolute Gasteiger partial charge is 0.406 e. The minimum absolute atomic E-state index is 0.126. The summed E-state index contributed by atoms with van der Waals surface area (Å²) in [5.41, 5.74) is 9.22. The molecule has 14 heavy (non-hydrogen) atoms. The number of hydrogen-bond acceptors (Lipinski definition) is 4. The summed E-state index contributed by atoms with van der Waals surface area (Å²) in [6, 6.07) is 6.02. The lowest BCUT2D eigenvalue weighted by atomic mass is 10.2. The molecule has 72 valence electrons. The van der Waals surface area contributed by atoms with Crippen molar-refractivity contribution in [3.63, 3.8) is 0 Å². The van der Waals surface area contributed by atoms with E-state index in [1.807, 2.05) is 25.1 Å². The fourth-order valence-electron chi connectivity index (χ4n) is 1.27. The topological polar surface area (TPSA) is 59.6 Å². The van der Waals surface area contributed by atoms with E-state index in [9.17, 15) is 0 Å². The molecule has 4 nitrogen and oxygen atoms in total. The predicted octanol–water partition coefficient (Wildman–Crippen LogP) is -0.679. The van der Waals surface area contributed by atoms with Gasteiger partial charge in [-0.15, -0.1) is 5.10 Å². The van der Waals surface area contributed by atoms with Crippen LogP contribution in [0.4, 0.5) is 0 Å². The Morgan fingerprint density at radius 1 is 1.50 bits per heavy atom. The summed E-state index contributed by atoms with van der Waals surface area (Å²) < 4.78 is 5.18. The maximum absolute atomic E-state index is 5.37. The van der Waals surface area contributed by atoms with Crippen LogP contribution in [0.15, 0.2) is 23.3 Å². The third-order valence-corrected chi connectivity index (χ3v) is 1.98. The van der Waals surface area contributed by atoms with Gasteiger partial charge in [-0.05, 0) is 18.2 Å². The highest BCUT2D eigenvalue weighted by Gasteiger charge is 2.09. The zero-order valence-electron chi connectivity index (χ0n) is 7.87. The smallest absolute Gasteiger partial charge is 0.311 e. The minimum atomic E-state index is 0.126. The Morgan fingerprint density at radius 3 is 2.93 bits per heavy atom. The van der Waals surface area contributed by atoms with Gasteiger partial charge in [-0.25, -0.2) is 5.43 Å². The second kappa shape index (κ2) is 3.06. The Hall–Kier alpha value is -1.97. The van der Waals surface area contributed by atoms with Crippen LogP contribution in [0, 0.1) is 6.92 Å². The van der Waals surface area contributed by atoms with Gasteiger partial charge in [-0.1, -0.05) is 24.3 Å². The molecule has 1 aliphatic rings. The third kappa shape index (κ3) is 1.42. The van der Waals surface area contributed by atoms with Crippen LogP contribution in [0.2, 0.25) is 0 Å². The van der Waals surface area contributed by atoms with Crippen LogP contribution < -0.4 is 21.6 Å². The summed E-state index contributed by atoms with van der Waals surface area (Å²) in [6.45, 7) is 5.90. The predicted molar refractivity (Wildman–Crippen MR) is 55.2 cm³/mol. The molecule has 0 saturated heterocycles. The number of nitrogens with zero attached hydrogens (tertiary/aromatic N) is 1. The highest BCUT2D eigenvalue weighted by molar-refractivity contribution is 5.78. The average Bonchev–Trinajstić information content (AvgIpc) is 2.56. The van der Waals surface area contributed by atoms with Crippen molar-refractivity contribution in [3.8, 4) is 0 Å². The summed E-state index contributed by atoms with van der Waals surface area (Å²) in [7, 11) is 0. The second-order valence-corrected chi connectivity index (χ2v) is 3.15. The standard InChI is InChI=1S/C10H11N3O/c1-6-3-4-7(2)8(5-6)9-12-13-10(11)14-9/h3-5,12H,2H2,1H3,(H2,11,13). The number of benzene rings is 1. The monoisotopic (exact) mass is 189 g/mol. The molecule has 0 spiro atoms. The van der Waals surface area contributed by atoms with Crippen molar-refractivity contribution in [2.45, 2.75) is 6.92 Å². The molecule has 1 aliphatic heterocycles. The van der Waals surface area contributed by atoms with E-state index >= 15 is 0 Å². The molecule has 3 N–H and O–H groups in total. The van der Waals surface area contributed by atoms with E-state index in [1.54, 1.807) is 0 Å². The van der Waals surface area contributed by atoms with Crippen LogP contribution in [0.5, 0.6) is 0 Å². The summed E-state index contributed by atoms with van der Waals surface area (Å²) in [4.78, 5) is 0. The van der Waals surface area contributed by atoms with E-state index in [4.69, 9.17) is 10.5 Å². The Labute approximate surface area is 81.4 Å². The van der Waals surface area contributed by atoms with E-state index in [2.05, 4.69) is 17.1 Å². The first-order valence-corrected chi connectivity index (χ1v) is 4.24. The molecular weight excluding hydrogens is 178 g/mol. The summed E-state index contributed by atoms with van der Waals surface area (Å²) in [6.07, 6.45) is 0. The van der Waals surface area contributed by atoms with Gasteiger partial charge in [0, 0.05) is 5.22 Å². The number of rotatable bonds is 0. The molecule has 0 unspecified atom stereocenters. The van der Waals surface area contributed by atoms with Gasteiger partial charge in [0.2, 0.25) is 5.88 Å². The first-order chi connectivity index (χ1) is 6.66. The van der Waals surface area contributed by atoms with Gasteiger partial charge in [-0.3, -0.25) is 0 Å².